The number of carbonyl (C=O) groups excluding carboxylic acids is 1. The Labute approximate surface area is 203 Å². The molecule has 1 aliphatic carbocycles. The average Bonchev–Trinajstić information content (AvgIpc) is 3.33. The maximum atomic E-state index is 13.8. The van der Waals surface area contributed by atoms with Crippen LogP contribution in [0.25, 0.3) is 0 Å². The topological polar surface area (TPSA) is 110 Å². The summed E-state index contributed by atoms with van der Waals surface area (Å²) in [5, 5.41) is 22.8. The highest BCUT2D eigenvalue weighted by Gasteiger charge is 2.44. The largest absolute Gasteiger partial charge is 0.393 e. The van der Waals surface area contributed by atoms with Gasteiger partial charge in [0.15, 0.2) is 5.78 Å². The van der Waals surface area contributed by atoms with Gasteiger partial charge in [-0.2, -0.15) is 13.2 Å². The van der Waals surface area contributed by atoms with Crippen LogP contribution in [-0.2, 0) is 0 Å². The van der Waals surface area contributed by atoms with Crippen molar-refractivity contribution in [2.24, 2.45) is 17.8 Å². The van der Waals surface area contributed by atoms with Crippen LogP contribution in [0.15, 0.2) is 36.4 Å². The van der Waals surface area contributed by atoms with Crippen LogP contribution >= 0.6 is 0 Å². The molecule has 4 fully saturated rings. The summed E-state index contributed by atoms with van der Waals surface area (Å²) in [5.74, 6) is -1.25. The number of halogens is 3. The second kappa shape index (κ2) is 8.75. The van der Waals surface area contributed by atoms with Gasteiger partial charge in [0, 0.05) is 61.6 Å². The van der Waals surface area contributed by atoms with E-state index in [0.29, 0.717) is 30.6 Å². The highest BCUT2D eigenvalue weighted by Crippen LogP contribution is 2.43. The van der Waals surface area contributed by atoms with E-state index >= 15 is 0 Å². The molecule has 36 heavy (non-hydrogen) atoms. The molecule has 0 N–H and O–H groups in total. The molecule has 0 aromatic heterocycles. The third kappa shape index (κ3) is 4.35. The fourth-order valence-corrected chi connectivity index (χ4v) is 5.63. The predicted octanol–water partition coefficient (Wildman–Crippen LogP) is 4.97. The van der Waals surface area contributed by atoms with Gasteiger partial charge >= 0.3 is 6.18 Å². The van der Waals surface area contributed by atoms with Crippen LogP contribution in [0, 0.1) is 38.0 Å². The van der Waals surface area contributed by atoms with Gasteiger partial charge in [-0.15, -0.1) is 0 Å². The minimum atomic E-state index is -4.42. The second-order valence-electron chi connectivity index (χ2n) is 9.83. The molecule has 9 nitrogen and oxygen atoms in total. The lowest BCUT2D eigenvalue weighted by Crippen LogP contribution is -2.49. The lowest BCUT2D eigenvalue weighted by Gasteiger charge is -2.48. The van der Waals surface area contributed by atoms with E-state index in [1.54, 1.807) is 0 Å². The summed E-state index contributed by atoms with van der Waals surface area (Å²) in [6.45, 7) is 0.899. The molecule has 2 aromatic carbocycles. The Bertz CT molecular complexity index is 1230. The number of ketones is 1. The zero-order chi connectivity index (χ0) is 25.8. The highest BCUT2D eigenvalue weighted by molar-refractivity contribution is 6.15. The first-order chi connectivity index (χ1) is 17.0. The molecular weight excluding hydrogens is 481 g/mol. The van der Waals surface area contributed by atoms with Gasteiger partial charge in [-0.3, -0.25) is 25.0 Å². The number of benzene rings is 2. The average molecular weight is 504 g/mol. The molecule has 6 rings (SSSR count). The number of rotatable bonds is 6. The third-order valence-electron chi connectivity index (χ3n) is 7.50. The van der Waals surface area contributed by atoms with E-state index in [4.69, 9.17) is 0 Å². The maximum absolute atomic E-state index is 13.8. The van der Waals surface area contributed by atoms with Gasteiger partial charge in [-0.25, -0.2) is 0 Å². The number of piperidine rings is 2. The molecule has 0 amide bonds. The molecule has 1 saturated carbocycles. The zero-order valence-electron chi connectivity index (χ0n) is 19.1. The monoisotopic (exact) mass is 504 g/mol. The Hall–Kier alpha value is -3.70. The number of carbonyl (C=O) groups is 1. The number of alkyl halides is 3. The quantitative estimate of drug-likeness (QED) is 0.310. The second-order valence-corrected chi connectivity index (χ2v) is 9.83. The Morgan fingerprint density at radius 3 is 1.78 bits per heavy atom. The first-order valence-corrected chi connectivity index (χ1v) is 11.7. The van der Waals surface area contributed by atoms with Gasteiger partial charge in [0.1, 0.15) is 0 Å². The van der Waals surface area contributed by atoms with E-state index in [1.165, 1.54) is 29.2 Å². The smallest absolute Gasteiger partial charge is 0.370 e. The molecule has 2 aromatic rings. The first kappa shape index (κ1) is 24.0. The molecule has 190 valence electrons. The van der Waals surface area contributed by atoms with E-state index in [9.17, 15) is 38.2 Å². The van der Waals surface area contributed by atoms with Crippen molar-refractivity contribution in [2.45, 2.75) is 25.4 Å². The molecule has 0 radical (unpaired) electrons. The minimum absolute atomic E-state index is 0.00573. The Balaban J connectivity index is 1.56. The van der Waals surface area contributed by atoms with Crippen LogP contribution in [0.5, 0.6) is 0 Å². The molecule has 1 atom stereocenters. The summed E-state index contributed by atoms with van der Waals surface area (Å²) in [5.41, 5.74) is 0.174. The number of hydrogen-bond acceptors (Lipinski definition) is 7. The van der Waals surface area contributed by atoms with E-state index in [-0.39, 0.29) is 41.2 Å². The van der Waals surface area contributed by atoms with Crippen molar-refractivity contribution in [3.8, 4) is 0 Å². The standard InChI is InChI=1S/C24H23F3N4O5/c25-24(26,27)16-5-6-28(13-16)21-9-17(30(33)34)1-3-19(21)23(32)20-4-2-18(31(35)36)10-22(20)29-11-14-7-15(8-14)12-29/h1-4,9-10,14-16H,5-8,11-13H2. The molecule has 2 bridgehead atoms. The molecule has 12 heteroatoms. The number of fused-ring (bicyclic) bond motifs is 2. The van der Waals surface area contributed by atoms with Crippen molar-refractivity contribution in [2.75, 3.05) is 36.0 Å². The Morgan fingerprint density at radius 1 is 0.833 bits per heavy atom. The predicted molar refractivity (Wildman–Crippen MR) is 124 cm³/mol. The van der Waals surface area contributed by atoms with Crippen LogP contribution < -0.4 is 9.80 Å². The third-order valence-corrected chi connectivity index (χ3v) is 7.50. The van der Waals surface area contributed by atoms with Crippen molar-refractivity contribution < 1.29 is 27.8 Å². The van der Waals surface area contributed by atoms with Crippen LogP contribution in [0.1, 0.15) is 35.2 Å². The normalized spacial score (nSPS) is 23.4. The summed E-state index contributed by atoms with van der Waals surface area (Å²) in [6.07, 6.45) is -2.44. The van der Waals surface area contributed by atoms with E-state index in [0.717, 1.165) is 25.0 Å². The summed E-state index contributed by atoms with van der Waals surface area (Å²) in [4.78, 5) is 38.8. The molecule has 4 aliphatic rings. The van der Waals surface area contributed by atoms with Crippen molar-refractivity contribution in [3.05, 3.63) is 67.8 Å². The number of non-ortho nitro benzene ring substituents is 2. The summed E-state index contributed by atoms with van der Waals surface area (Å²) in [7, 11) is 0. The summed E-state index contributed by atoms with van der Waals surface area (Å²) < 4.78 is 39.9. The fourth-order valence-electron chi connectivity index (χ4n) is 5.63. The van der Waals surface area contributed by atoms with E-state index < -0.39 is 34.3 Å². The van der Waals surface area contributed by atoms with Crippen molar-refractivity contribution in [1.29, 1.82) is 0 Å². The number of anilines is 2. The lowest BCUT2D eigenvalue weighted by molar-refractivity contribution is -0.385. The van der Waals surface area contributed by atoms with Gasteiger partial charge in [0.2, 0.25) is 0 Å². The summed E-state index contributed by atoms with van der Waals surface area (Å²) in [6, 6.07) is 7.49. The van der Waals surface area contributed by atoms with Gasteiger partial charge in [-0.05, 0) is 43.2 Å². The molecular formula is C24H23F3N4O5. The maximum Gasteiger partial charge on any atom is 0.393 e. The fraction of sp³-hybridized carbons (Fsp3) is 0.458. The number of nitro groups is 2. The van der Waals surface area contributed by atoms with Crippen molar-refractivity contribution in [1.82, 2.24) is 0 Å². The van der Waals surface area contributed by atoms with Gasteiger partial charge in [0.05, 0.1) is 27.1 Å². The van der Waals surface area contributed by atoms with Gasteiger partial charge < -0.3 is 9.80 Å². The molecule has 3 heterocycles. The lowest BCUT2D eigenvalue weighted by atomic mass is 9.71. The Kier molecular flexibility index (Phi) is 5.84. The minimum Gasteiger partial charge on any atom is -0.370 e. The molecule has 3 saturated heterocycles. The molecule has 1 unspecified atom stereocenters. The Morgan fingerprint density at radius 2 is 1.33 bits per heavy atom. The zero-order valence-corrected chi connectivity index (χ0v) is 19.1. The molecule has 0 spiro atoms. The SMILES string of the molecule is O=C(c1ccc([N+](=O)[O-])cc1N1CC2CC(C2)C1)c1ccc([N+](=O)[O-])cc1N1CCC(C(F)(F)F)C1. The molecule has 3 aliphatic heterocycles. The summed E-state index contributed by atoms with van der Waals surface area (Å²) >= 11 is 0. The van der Waals surface area contributed by atoms with Crippen LogP contribution in [-0.4, -0.2) is 48.0 Å². The van der Waals surface area contributed by atoms with E-state index in [2.05, 4.69) is 0 Å². The highest BCUT2D eigenvalue weighted by atomic mass is 19.4. The number of nitro benzene ring substituents is 2. The van der Waals surface area contributed by atoms with Crippen molar-refractivity contribution >= 4 is 28.5 Å². The van der Waals surface area contributed by atoms with Gasteiger partial charge in [-0.1, -0.05) is 0 Å². The van der Waals surface area contributed by atoms with Crippen LogP contribution in [0.4, 0.5) is 35.9 Å². The van der Waals surface area contributed by atoms with E-state index in [1.807, 2.05) is 4.90 Å². The van der Waals surface area contributed by atoms with Crippen LogP contribution in [0.2, 0.25) is 0 Å². The van der Waals surface area contributed by atoms with Crippen LogP contribution in [0.3, 0.4) is 0 Å². The first-order valence-electron chi connectivity index (χ1n) is 11.7. The number of hydrogen-bond donors (Lipinski definition) is 0. The number of nitrogens with zero attached hydrogens (tertiary/aromatic N) is 4. The van der Waals surface area contributed by atoms with Gasteiger partial charge in [0.25, 0.3) is 11.4 Å². The van der Waals surface area contributed by atoms with Crippen molar-refractivity contribution in [3.63, 3.8) is 0 Å².